The summed E-state index contributed by atoms with van der Waals surface area (Å²) in [5, 5.41) is 4.11. The zero-order valence-electron chi connectivity index (χ0n) is 11.5. The van der Waals surface area contributed by atoms with Gasteiger partial charge in [0, 0.05) is 28.1 Å². The van der Waals surface area contributed by atoms with Gasteiger partial charge < -0.3 is 9.73 Å². The van der Waals surface area contributed by atoms with Crippen LogP contribution < -0.4 is 5.32 Å². The van der Waals surface area contributed by atoms with Crippen molar-refractivity contribution in [2.45, 2.75) is 19.9 Å². The predicted molar refractivity (Wildman–Crippen MR) is 89.9 cm³/mol. The van der Waals surface area contributed by atoms with Crippen LogP contribution in [0.25, 0.3) is 11.1 Å². The van der Waals surface area contributed by atoms with E-state index in [1.165, 1.54) is 0 Å². The average molecular weight is 366 g/mol. The maximum Gasteiger partial charge on any atom is 0.195 e. The van der Waals surface area contributed by atoms with Crippen LogP contribution in [0.2, 0.25) is 5.02 Å². The van der Waals surface area contributed by atoms with Gasteiger partial charge in [0.15, 0.2) is 11.5 Å². The van der Waals surface area contributed by atoms with E-state index in [0.717, 1.165) is 44.2 Å². The molecule has 0 atom stereocenters. The predicted octanol–water partition coefficient (Wildman–Crippen LogP) is 5.42. The molecule has 0 saturated heterocycles. The van der Waals surface area contributed by atoms with E-state index in [1.807, 2.05) is 43.3 Å². The summed E-state index contributed by atoms with van der Waals surface area (Å²) in [6, 6.07) is 11.7. The van der Waals surface area contributed by atoms with E-state index in [2.05, 4.69) is 26.2 Å². The minimum atomic E-state index is 0.655. The Morgan fingerprint density at radius 1 is 1.24 bits per heavy atom. The molecule has 3 aromatic rings. The van der Waals surface area contributed by atoms with Crippen LogP contribution in [-0.4, -0.2) is 4.98 Å². The zero-order chi connectivity index (χ0) is 14.8. The highest BCUT2D eigenvalue weighted by molar-refractivity contribution is 9.10. The summed E-state index contributed by atoms with van der Waals surface area (Å²) in [5.41, 5.74) is 3.73. The van der Waals surface area contributed by atoms with Gasteiger partial charge in [0.05, 0.1) is 0 Å². The molecule has 5 heteroatoms. The van der Waals surface area contributed by atoms with Crippen molar-refractivity contribution in [2.75, 3.05) is 5.32 Å². The first-order valence-electron chi connectivity index (χ1n) is 6.73. The summed E-state index contributed by atoms with van der Waals surface area (Å²) in [5.74, 6) is 0.761. The second-order valence-corrected chi connectivity index (χ2v) is 6.06. The molecule has 0 aliphatic heterocycles. The highest BCUT2D eigenvalue weighted by Gasteiger charge is 2.06. The number of aryl methyl sites for hydroxylation is 1. The fourth-order valence-corrected chi connectivity index (χ4v) is 2.71. The number of hydrogen-bond acceptors (Lipinski definition) is 3. The van der Waals surface area contributed by atoms with E-state index in [0.29, 0.717) is 6.54 Å². The van der Waals surface area contributed by atoms with Gasteiger partial charge >= 0.3 is 0 Å². The highest BCUT2D eigenvalue weighted by Crippen LogP contribution is 2.24. The minimum Gasteiger partial charge on any atom is -0.441 e. The number of anilines is 1. The summed E-state index contributed by atoms with van der Waals surface area (Å²) >= 11 is 9.65. The summed E-state index contributed by atoms with van der Waals surface area (Å²) in [4.78, 5) is 4.44. The Balaban J connectivity index is 1.80. The molecule has 0 fully saturated rings. The molecule has 0 aliphatic carbocycles. The summed E-state index contributed by atoms with van der Waals surface area (Å²) < 4.78 is 6.62. The largest absolute Gasteiger partial charge is 0.441 e. The molecule has 1 N–H and O–H groups in total. The molecule has 1 heterocycles. The SMILES string of the molecule is CCc1nc2cc(NCc3cc(Br)ccc3Cl)ccc2o1. The van der Waals surface area contributed by atoms with Crippen LogP contribution in [0.15, 0.2) is 45.3 Å². The number of rotatable bonds is 4. The molecule has 0 radical (unpaired) electrons. The zero-order valence-corrected chi connectivity index (χ0v) is 13.8. The summed E-state index contributed by atoms with van der Waals surface area (Å²) in [7, 11) is 0. The van der Waals surface area contributed by atoms with Crippen LogP contribution in [0.1, 0.15) is 18.4 Å². The van der Waals surface area contributed by atoms with E-state index in [4.69, 9.17) is 16.0 Å². The Bertz CT molecular complexity index is 785. The Morgan fingerprint density at radius 3 is 2.90 bits per heavy atom. The van der Waals surface area contributed by atoms with Gasteiger partial charge in [-0.2, -0.15) is 0 Å². The van der Waals surface area contributed by atoms with Crippen LogP contribution in [0.5, 0.6) is 0 Å². The fourth-order valence-electron chi connectivity index (χ4n) is 2.11. The quantitative estimate of drug-likeness (QED) is 0.671. The normalized spacial score (nSPS) is 11.0. The van der Waals surface area contributed by atoms with Gasteiger partial charge in [0.25, 0.3) is 0 Å². The van der Waals surface area contributed by atoms with E-state index < -0.39 is 0 Å². The van der Waals surface area contributed by atoms with Crippen molar-refractivity contribution in [3.05, 3.63) is 57.3 Å². The monoisotopic (exact) mass is 364 g/mol. The molecule has 0 unspecified atom stereocenters. The lowest BCUT2D eigenvalue weighted by Gasteiger charge is -2.08. The first-order chi connectivity index (χ1) is 10.2. The molecule has 3 rings (SSSR count). The molecular weight excluding hydrogens is 352 g/mol. The number of fused-ring (bicyclic) bond motifs is 1. The van der Waals surface area contributed by atoms with Gasteiger partial charge in [0.1, 0.15) is 5.52 Å². The molecular formula is C16H14BrClN2O. The van der Waals surface area contributed by atoms with Crippen molar-refractivity contribution >= 4 is 44.3 Å². The van der Waals surface area contributed by atoms with Crippen molar-refractivity contribution in [3.8, 4) is 0 Å². The van der Waals surface area contributed by atoms with E-state index in [9.17, 15) is 0 Å². The third kappa shape index (κ3) is 3.22. The Hall–Kier alpha value is -1.52. The number of aromatic nitrogens is 1. The Labute approximate surface area is 136 Å². The molecule has 0 amide bonds. The van der Waals surface area contributed by atoms with Crippen molar-refractivity contribution in [3.63, 3.8) is 0 Å². The van der Waals surface area contributed by atoms with Gasteiger partial charge in [-0.15, -0.1) is 0 Å². The topological polar surface area (TPSA) is 38.1 Å². The highest BCUT2D eigenvalue weighted by atomic mass is 79.9. The van der Waals surface area contributed by atoms with Crippen molar-refractivity contribution in [1.82, 2.24) is 4.98 Å². The first kappa shape index (κ1) is 14.4. The number of oxazole rings is 1. The summed E-state index contributed by atoms with van der Waals surface area (Å²) in [6.07, 6.45) is 0.797. The van der Waals surface area contributed by atoms with Gasteiger partial charge in [-0.3, -0.25) is 0 Å². The Kier molecular flexibility index (Phi) is 4.17. The van der Waals surface area contributed by atoms with Gasteiger partial charge in [-0.1, -0.05) is 34.5 Å². The number of hydrogen-bond donors (Lipinski definition) is 1. The summed E-state index contributed by atoms with van der Waals surface area (Å²) in [6.45, 7) is 2.68. The third-order valence-electron chi connectivity index (χ3n) is 3.23. The van der Waals surface area contributed by atoms with Crippen molar-refractivity contribution in [1.29, 1.82) is 0 Å². The van der Waals surface area contributed by atoms with Gasteiger partial charge in [-0.25, -0.2) is 4.98 Å². The number of benzene rings is 2. The molecule has 0 aliphatic rings. The van der Waals surface area contributed by atoms with Crippen LogP contribution in [0.3, 0.4) is 0 Å². The first-order valence-corrected chi connectivity index (χ1v) is 7.90. The van der Waals surface area contributed by atoms with Crippen LogP contribution in [0.4, 0.5) is 5.69 Å². The lowest BCUT2D eigenvalue weighted by Crippen LogP contribution is -2.00. The van der Waals surface area contributed by atoms with E-state index in [1.54, 1.807) is 0 Å². The molecule has 108 valence electrons. The van der Waals surface area contributed by atoms with Crippen molar-refractivity contribution in [2.24, 2.45) is 0 Å². The standard InChI is InChI=1S/C16H14BrClN2O/c1-2-16-20-14-8-12(4-6-15(14)21-16)19-9-10-7-11(17)3-5-13(10)18/h3-8,19H,2,9H2,1H3. The molecule has 0 spiro atoms. The maximum atomic E-state index is 6.19. The molecule has 0 saturated carbocycles. The number of nitrogens with zero attached hydrogens (tertiary/aromatic N) is 1. The average Bonchev–Trinajstić information content (AvgIpc) is 2.90. The molecule has 21 heavy (non-hydrogen) atoms. The van der Waals surface area contributed by atoms with Crippen LogP contribution >= 0.6 is 27.5 Å². The molecule has 2 aromatic carbocycles. The van der Waals surface area contributed by atoms with E-state index >= 15 is 0 Å². The van der Waals surface area contributed by atoms with Crippen molar-refractivity contribution < 1.29 is 4.42 Å². The van der Waals surface area contributed by atoms with Crippen LogP contribution in [-0.2, 0) is 13.0 Å². The molecule has 3 nitrogen and oxygen atoms in total. The van der Waals surface area contributed by atoms with Gasteiger partial charge in [-0.05, 0) is 42.0 Å². The maximum absolute atomic E-state index is 6.19. The smallest absolute Gasteiger partial charge is 0.195 e. The second-order valence-electron chi connectivity index (χ2n) is 4.73. The molecule has 1 aromatic heterocycles. The fraction of sp³-hybridized carbons (Fsp3) is 0.188. The number of nitrogens with one attached hydrogen (secondary N) is 1. The Morgan fingerprint density at radius 2 is 2.10 bits per heavy atom. The third-order valence-corrected chi connectivity index (χ3v) is 4.09. The van der Waals surface area contributed by atoms with E-state index in [-0.39, 0.29) is 0 Å². The lowest BCUT2D eigenvalue weighted by atomic mass is 10.2. The van der Waals surface area contributed by atoms with Crippen LogP contribution in [0, 0.1) is 0 Å². The lowest BCUT2D eigenvalue weighted by molar-refractivity contribution is 0.538. The minimum absolute atomic E-state index is 0.655. The van der Waals surface area contributed by atoms with Gasteiger partial charge in [0.2, 0.25) is 0 Å². The second kappa shape index (κ2) is 6.08. The molecule has 0 bridgehead atoms. The number of halogens is 2.